The third-order valence-corrected chi connectivity index (χ3v) is 6.35. The smallest absolute Gasteiger partial charge is 0.212 e. The minimum absolute atomic E-state index is 0.0348. The van der Waals surface area contributed by atoms with Crippen molar-refractivity contribution in [3.8, 4) is 0 Å². The van der Waals surface area contributed by atoms with Gasteiger partial charge in [0.25, 0.3) is 0 Å². The normalized spacial score (nSPS) is 20.8. The van der Waals surface area contributed by atoms with Crippen LogP contribution in [0.5, 0.6) is 0 Å². The first kappa shape index (κ1) is 15.2. The second kappa shape index (κ2) is 6.48. The molecule has 0 aromatic heterocycles. The maximum atomic E-state index is 12.1. The molecule has 1 N–H and O–H groups in total. The van der Waals surface area contributed by atoms with Gasteiger partial charge in [-0.15, -0.1) is 23.4 Å². The Labute approximate surface area is 124 Å². The van der Waals surface area contributed by atoms with E-state index >= 15 is 0 Å². The minimum atomic E-state index is -3.28. The average molecular weight is 320 g/mol. The minimum Gasteiger partial charge on any atom is -0.212 e. The van der Waals surface area contributed by atoms with Crippen molar-refractivity contribution in [2.75, 3.05) is 17.4 Å². The van der Waals surface area contributed by atoms with Gasteiger partial charge in [0, 0.05) is 16.8 Å². The van der Waals surface area contributed by atoms with Gasteiger partial charge in [0.2, 0.25) is 10.0 Å². The second-order valence-corrected chi connectivity index (χ2v) is 8.13. The first-order valence-corrected chi connectivity index (χ1v) is 9.47. The highest BCUT2D eigenvalue weighted by molar-refractivity contribution is 7.99. The summed E-state index contributed by atoms with van der Waals surface area (Å²) in [5.74, 6) is 1.35. The van der Waals surface area contributed by atoms with E-state index in [1.807, 2.05) is 31.2 Å². The van der Waals surface area contributed by atoms with Crippen LogP contribution in [0.2, 0.25) is 0 Å². The van der Waals surface area contributed by atoms with E-state index in [2.05, 4.69) is 4.72 Å². The van der Waals surface area contributed by atoms with Gasteiger partial charge in [0.05, 0.1) is 5.75 Å². The van der Waals surface area contributed by atoms with Crippen molar-refractivity contribution >= 4 is 33.4 Å². The summed E-state index contributed by atoms with van der Waals surface area (Å²) in [5, 5.41) is 0. The Kier molecular flexibility index (Phi) is 5.17. The fourth-order valence-corrected chi connectivity index (χ4v) is 5.15. The third-order valence-electron chi connectivity index (χ3n) is 3.05. The highest BCUT2D eigenvalue weighted by atomic mass is 35.5. The zero-order chi connectivity index (χ0) is 13.9. The molecule has 106 valence electrons. The van der Waals surface area contributed by atoms with E-state index in [0.717, 1.165) is 17.7 Å². The summed E-state index contributed by atoms with van der Waals surface area (Å²) >= 11 is 7.47. The summed E-state index contributed by atoms with van der Waals surface area (Å²) in [6.07, 6.45) is 0.830. The van der Waals surface area contributed by atoms with Crippen molar-refractivity contribution in [3.05, 3.63) is 29.8 Å². The molecule has 2 rings (SSSR count). The molecule has 6 heteroatoms. The SMILES string of the molecule is CC(CCl)CS(=O)(=O)NC1CCSc2ccccc21. The molecule has 1 aliphatic rings. The zero-order valence-electron chi connectivity index (χ0n) is 10.8. The molecule has 3 nitrogen and oxygen atoms in total. The molecular formula is C13H18ClNO2S2. The van der Waals surface area contributed by atoms with Gasteiger partial charge in [-0.3, -0.25) is 0 Å². The summed E-state index contributed by atoms with van der Waals surface area (Å²) in [7, 11) is -3.28. The summed E-state index contributed by atoms with van der Waals surface area (Å²) < 4.78 is 27.0. The molecule has 1 aromatic rings. The Morgan fingerprint density at radius 3 is 2.95 bits per heavy atom. The Hall–Kier alpha value is -0.230. The molecule has 1 heterocycles. The third kappa shape index (κ3) is 4.12. The number of sulfonamides is 1. The maximum absolute atomic E-state index is 12.1. The van der Waals surface area contributed by atoms with Crippen LogP contribution in [0.1, 0.15) is 24.9 Å². The topological polar surface area (TPSA) is 46.2 Å². The molecule has 2 atom stereocenters. The highest BCUT2D eigenvalue weighted by Gasteiger charge is 2.25. The van der Waals surface area contributed by atoms with Gasteiger partial charge in [-0.25, -0.2) is 13.1 Å². The summed E-state index contributed by atoms with van der Waals surface area (Å²) in [6.45, 7) is 1.84. The summed E-state index contributed by atoms with van der Waals surface area (Å²) in [6, 6.07) is 7.87. The van der Waals surface area contributed by atoms with Gasteiger partial charge in [-0.2, -0.15) is 0 Å². The number of alkyl halides is 1. The molecule has 0 bridgehead atoms. The Bertz CT molecular complexity index is 533. The number of benzene rings is 1. The van der Waals surface area contributed by atoms with Crippen molar-refractivity contribution in [3.63, 3.8) is 0 Å². The molecule has 0 saturated carbocycles. The van der Waals surface area contributed by atoms with Crippen molar-refractivity contribution in [2.45, 2.75) is 24.3 Å². The second-order valence-electron chi connectivity index (χ2n) is 4.89. The lowest BCUT2D eigenvalue weighted by molar-refractivity contribution is 0.537. The van der Waals surface area contributed by atoms with E-state index in [1.54, 1.807) is 11.8 Å². The van der Waals surface area contributed by atoms with Crippen molar-refractivity contribution in [1.29, 1.82) is 0 Å². The molecule has 2 unspecified atom stereocenters. The highest BCUT2D eigenvalue weighted by Crippen LogP contribution is 2.36. The Balaban J connectivity index is 2.12. The van der Waals surface area contributed by atoms with Crippen LogP contribution in [-0.4, -0.2) is 25.8 Å². The molecule has 1 aliphatic heterocycles. The fourth-order valence-electron chi connectivity index (χ4n) is 2.15. The molecule has 0 saturated heterocycles. The van der Waals surface area contributed by atoms with E-state index in [1.165, 1.54) is 4.90 Å². The largest absolute Gasteiger partial charge is 0.212 e. The van der Waals surface area contributed by atoms with Crippen LogP contribution >= 0.6 is 23.4 Å². The lowest BCUT2D eigenvalue weighted by atomic mass is 10.1. The number of halogens is 1. The van der Waals surface area contributed by atoms with Gasteiger partial charge in [-0.05, 0) is 29.7 Å². The van der Waals surface area contributed by atoms with E-state index < -0.39 is 10.0 Å². The number of hydrogen-bond donors (Lipinski definition) is 1. The van der Waals surface area contributed by atoms with Gasteiger partial charge in [-0.1, -0.05) is 25.1 Å². The molecule has 0 amide bonds. The molecule has 1 aromatic carbocycles. The van der Waals surface area contributed by atoms with Crippen molar-refractivity contribution in [2.24, 2.45) is 5.92 Å². The summed E-state index contributed by atoms with van der Waals surface area (Å²) in [4.78, 5) is 1.17. The fraction of sp³-hybridized carbons (Fsp3) is 0.538. The first-order chi connectivity index (χ1) is 9.02. The Morgan fingerprint density at radius 1 is 1.47 bits per heavy atom. The van der Waals surface area contributed by atoms with Crippen LogP contribution in [0.25, 0.3) is 0 Å². The van der Waals surface area contributed by atoms with Crippen molar-refractivity contribution < 1.29 is 8.42 Å². The van der Waals surface area contributed by atoms with Crippen molar-refractivity contribution in [1.82, 2.24) is 4.72 Å². The molecular weight excluding hydrogens is 302 g/mol. The number of nitrogens with one attached hydrogen (secondary N) is 1. The molecule has 19 heavy (non-hydrogen) atoms. The average Bonchev–Trinajstić information content (AvgIpc) is 2.38. The van der Waals surface area contributed by atoms with Crippen LogP contribution in [0.4, 0.5) is 0 Å². The van der Waals surface area contributed by atoms with Crippen LogP contribution in [0.15, 0.2) is 29.2 Å². The van der Waals surface area contributed by atoms with Crippen LogP contribution in [-0.2, 0) is 10.0 Å². The maximum Gasteiger partial charge on any atom is 0.212 e. The van der Waals surface area contributed by atoms with Crippen LogP contribution in [0, 0.1) is 5.92 Å². The number of hydrogen-bond acceptors (Lipinski definition) is 3. The van der Waals surface area contributed by atoms with Gasteiger partial charge < -0.3 is 0 Å². The van der Waals surface area contributed by atoms with E-state index in [-0.39, 0.29) is 17.7 Å². The lowest BCUT2D eigenvalue weighted by Gasteiger charge is -2.26. The van der Waals surface area contributed by atoms with Gasteiger partial charge in [0.15, 0.2) is 0 Å². The monoisotopic (exact) mass is 319 g/mol. The molecule has 0 radical (unpaired) electrons. The predicted octanol–water partition coefficient (Wildman–Crippen LogP) is 3.02. The zero-order valence-corrected chi connectivity index (χ0v) is 13.2. The quantitative estimate of drug-likeness (QED) is 0.849. The van der Waals surface area contributed by atoms with E-state index in [0.29, 0.717) is 5.88 Å². The molecule has 0 fully saturated rings. The number of thioether (sulfide) groups is 1. The Morgan fingerprint density at radius 2 is 2.21 bits per heavy atom. The van der Waals surface area contributed by atoms with E-state index in [9.17, 15) is 8.42 Å². The molecule has 0 aliphatic carbocycles. The number of fused-ring (bicyclic) bond motifs is 1. The summed E-state index contributed by atoms with van der Waals surface area (Å²) in [5.41, 5.74) is 1.08. The predicted molar refractivity (Wildman–Crippen MR) is 81.3 cm³/mol. The van der Waals surface area contributed by atoms with E-state index in [4.69, 9.17) is 11.6 Å². The van der Waals surface area contributed by atoms with Crippen LogP contribution in [0.3, 0.4) is 0 Å². The standard InChI is InChI=1S/C13H18ClNO2S2/c1-10(8-14)9-19(16,17)15-12-6-7-18-13-5-3-2-4-11(12)13/h2-5,10,12,15H,6-9H2,1H3. The number of rotatable bonds is 5. The van der Waals surface area contributed by atoms with Gasteiger partial charge >= 0.3 is 0 Å². The lowest BCUT2D eigenvalue weighted by Crippen LogP contribution is -2.34. The van der Waals surface area contributed by atoms with Gasteiger partial charge in [0.1, 0.15) is 0 Å². The first-order valence-electron chi connectivity index (χ1n) is 6.29. The van der Waals surface area contributed by atoms with Crippen LogP contribution < -0.4 is 4.72 Å². The molecule has 0 spiro atoms.